The van der Waals surface area contributed by atoms with Crippen molar-refractivity contribution < 1.29 is 5.11 Å². The first-order chi connectivity index (χ1) is 7.74. The van der Waals surface area contributed by atoms with E-state index in [0.29, 0.717) is 12.0 Å². The summed E-state index contributed by atoms with van der Waals surface area (Å²) in [4.78, 5) is 2.50. The Labute approximate surface area is 99.0 Å². The second kappa shape index (κ2) is 5.48. The van der Waals surface area contributed by atoms with Gasteiger partial charge in [0.05, 0.1) is 6.10 Å². The van der Waals surface area contributed by atoms with Gasteiger partial charge in [0.2, 0.25) is 0 Å². The summed E-state index contributed by atoms with van der Waals surface area (Å²) < 4.78 is 0. The number of aliphatic hydroxyl groups excluding tert-OH is 1. The largest absolute Gasteiger partial charge is 0.392 e. The molecule has 3 heteroatoms. The van der Waals surface area contributed by atoms with Gasteiger partial charge in [0.15, 0.2) is 0 Å². The maximum Gasteiger partial charge on any atom is 0.0674 e. The van der Waals surface area contributed by atoms with Crippen LogP contribution in [0.25, 0.3) is 0 Å². The smallest absolute Gasteiger partial charge is 0.0674 e. The van der Waals surface area contributed by atoms with Gasteiger partial charge in [0.25, 0.3) is 0 Å². The van der Waals surface area contributed by atoms with Crippen LogP contribution in [0.5, 0.6) is 0 Å². The number of hydrogen-bond donors (Lipinski definition) is 2. The fraction of sp³-hybridized carbons (Fsp3) is 1.00. The van der Waals surface area contributed by atoms with Crippen molar-refractivity contribution in [2.75, 3.05) is 26.2 Å². The molecule has 94 valence electrons. The standard InChI is InChI=1S/C13H26N2O/c14-11-12(16)3-8-15-9-6-13(7-10-15)4-1-2-5-13/h12,16H,1-11,14H2. The molecule has 2 fully saturated rings. The lowest BCUT2D eigenvalue weighted by atomic mass is 9.77. The molecule has 1 saturated carbocycles. The molecule has 0 aromatic rings. The fourth-order valence-electron chi connectivity index (χ4n) is 3.33. The number of nitrogens with zero attached hydrogens (tertiary/aromatic N) is 1. The van der Waals surface area contributed by atoms with Crippen LogP contribution >= 0.6 is 0 Å². The first-order valence-corrected chi connectivity index (χ1v) is 6.85. The third-order valence-corrected chi connectivity index (χ3v) is 4.63. The molecule has 1 spiro atoms. The lowest BCUT2D eigenvalue weighted by Crippen LogP contribution is -2.40. The van der Waals surface area contributed by atoms with Crippen LogP contribution in [0.15, 0.2) is 0 Å². The third kappa shape index (κ3) is 2.96. The van der Waals surface area contributed by atoms with Crippen LogP contribution in [-0.2, 0) is 0 Å². The molecule has 2 aliphatic rings. The lowest BCUT2D eigenvalue weighted by Gasteiger charge is -2.39. The molecule has 16 heavy (non-hydrogen) atoms. The molecular formula is C13H26N2O. The Morgan fingerprint density at radius 3 is 2.31 bits per heavy atom. The minimum absolute atomic E-state index is 0.303. The molecule has 2 rings (SSSR count). The Kier molecular flexibility index (Phi) is 4.22. The molecule has 0 aromatic carbocycles. The van der Waals surface area contributed by atoms with Gasteiger partial charge in [0, 0.05) is 13.1 Å². The van der Waals surface area contributed by atoms with E-state index in [1.165, 1.54) is 51.6 Å². The highest BCUT2D eigenvalue weighted by Crippen LogP contribution is 2.45. The zero-order chi connectivity index (χ0) is 11.4. The molecule has 1 unspecified atom stereocenters. The van der Waals surface area contributed by atoms with Crippen LogP contribution in [0, 0.1) is 5.41 Å². The van der Waals surface area contributed by atoms with Crippen molar-refractivity contribution in [3.63, 3.8) is 0 Å². The molecular weight excluding hydrogens is 200 g/mol. The normalized spacial score (nSPS) is 27.4. The van der Waals surface area contributed by atoms with E-state index >= 15 is 0 Å². The minimum atomic E-state index is -0.303. The monoisotopic (exact) mass is 226 g/mol. The van der Waals surface area contributed by atoms with Gasteiger partial charge in [-0.3, -0.25) is 0 Å². The molecule has 1 atom stereocenters. The molecule has 1 saturated heterocycles. The molecule has 0 bridgehead atoms. The van der Waals surface area contributed by atoms with Crippen LogP contribution < -0.4 is 5.73 Å². The predicted octanol–water partition coefficient (Wildman–Crippen LogP) is 1.35. The van der Waals surface area contributed by atoms with Crippen molar-refractivity contribution in [1.29, 1.82) is 0 Å². The molecule has 0 aromatic heterocycles. The van der Waals surface area contributed by atoms with E-state index in [4.69, 9.17) is 5.73 Å². The zero-order valence-corrected chi connectivity index (χ0v) is 10.3. The first-order valence-electron chi connectivity index (χ1n) is 6.85. The van der Waals surface area contributed by atoms with Gasteiger partial charge in [-0.1, -0.05) is 12.8 Å². The van der Waals surface area contributed by atoms with E-state index in [2.05, 4.69) is 4.90 Å². The number of hydrogen-bond acceptors (Lipinski definition) is 3. The average molecular weight is 226 g/mol. The van der Waals surface area contributed by atoms with E-state index in [-0.39, 0.29) is 6.10 Å². The molecule has 0 amide bonds. The number of rotatable bonds is 4. The molecule has 1 aliphatic carbocycles. The maximum atomic E-state index is 9.44. The van der Waals surface area contributed by atoms with E-state index in [9.17, 15) is 5.11 Å². The van der Waals surface area contributed by atoms with Crippen molar-refractivity contribution in [2.24, 2.45) is 11.1 Å². The van der Waals surface area contributed by atoms with Gasteiger partial charge < -0.3 is 15.7 Å². The van der Waals surface area contributed by atoms with Gasteiger partial charge in [-0.25, -0.2) is 0 Å². The van der Waals surface area contributed by atoms with Crippen molar-refractivity contribution in [3.05, 3.63) is 0 Å². The Bertz CT molecular complexity index is 204. The summed E-state index contributed by atoms with van der Waals surface area (Å²) in [5.41, 5.74) is 6.12. The lowest BCUT2D eigenvalue weighted by molar-refractivity contribution is 0.0889. The Morgan fingerprint density at radius 2 is 1.75 bits per heavy atom. The fourth-order valence-corrected chi connectivity index (χ4v) is 3.33. The Morgan fingerprint density at radius 1 is 1.12 bits per heavy atom. The van der Waals surface area contributed by atoms with E-state index in [1.54, 1.807) is 0 Å². The van der Waals surface area contributed by atoms with E-state index < -0.39 is 0 Å². The quantitative estimate of drug-likeness (QED) is 0.761. The molecule has 1 aliphatic heterocycles. The summed E-state index contributed by atoms with van der Waals surface area (Å²) in [6.07, 6.45) is 9.12. The van der Waals surface area contributed by atoms with Crippen molar-refractivity contribution in [2.45, 2.75) is 51.0 Å². The van der Waals surface area contributed by atoms with Crippen LogP contribution in [0.2, 0.25) is 0 Å². The Balaban J connectivity index is 1.69. The van der Waals surface area contributed by atoms with Crippen molar-refractivity contribution >= 4 is 0 Å². The van der Waals surface area contributed by atoms with Crippen LogP contribution in [0.4, 0.5) is 0 Å². The first kappa shape index (κ1) is 12.3. The highest BCUT2D eigenvalue weighted by atomic mass is 16.3. The topological polar surface area (TPSA) is 49.5 Å². The SMILES string of the molecule is NCC(O)CCN1CCC2(CCCC2)CC1. The van der Waals surface area contributed by atoms with Gasteiger partial charge >= 0.3 is 0 Å². The van der Waals surface area contributed by atoms with Crippen molar-refractivity contribution in [1.82, 2.24) is 4.90 Å². The molecule has 3 N–H and O–H groups in total. The van der Waals surface area contributed by atoms with Gasteiger partial charge in [-0.15, -0.1) is 0 Å². The number of piperidine rings is 1. The number of nitrogens with two attached hydrogens (primary N) is 1. The van der Waals surface area contributed by atoms with Gasteiger partial charge in [0.1, 0.15) is 0 Å². The summed E-state index contributed by atoms with van der Waals surface area (Å²) in [7, 11) is 0. The second-order valence-electron chi connectivity index (χ2n) is 5.73. The molecule has 3 nitrogen and oxygen atoms in total. The van der Waals surface area contributed by atoms with Crippen LogP contribution in [-0.4, -0.2) is 42.3 Å². The molecule has 0 radical (unpaired) electrons. The van der Waals surface area contributed by atoms with Crippen LogP contribution in [0.3, 0.4) is 0 Å². The third-order valence-electron chi connectivity index (χ3n) is 4.63. The average Bonchev–Trinajstić information content (AvgIpc) is 2.77. The summed E-state index contributed by atoms with van der Waals surface area (Å²) in [6.45, 7) is 3.89. The Hall–Kier alpha value is -0.120. The highest BCUT2D eigenvalue weighted by Gasteiger charge is 2.36. The van der Waals surface area contributed by atoms with E-state index in [0.717, 1.165) is 13.0 Å². The predicted molar refractivity (Wildman–Crippen MR) is 66.3 cm³/mol. The second-order valence-corrected chi connectivity index (χ2v) is 5.73. The molecule has 1 heterocycles. The van der Waals surface area contributed by atoms with Gasteiger partial charge in [-0.05, 0) is 50.6 Å². The van der Waals surface area contributed by atoms with E-state index in [1.807, 2.05) is 0 Å². The summed E-state index contributed by atoms with van der Waals surface area (Å²) in [5.74, 6) is 0. The maximum absolute atomic E-state index is 9.44. The van der Waals surface area contributed by atoms with Crippen molar-refractivity contribution in [3.8, 4) is 0 Å². The highest BCUT2D eigenvalue weighted by molar-refractivity contribution is 4.89. The summed E-state index contributed by atoms with van der Waals surface area (Å²) in [5, 5.41) is 9.44. The zero-order valence-electron chi connectivity index (χ0n) is 10.3. The summed E-state index contributed by atoms with van der Waals surface area (Å²) >= 11 is 0. The van der Waals surface area contributed by atoms with Crippen LogP contribution in [0.1, 0.15) is 44.9 Å². The summed E-state index contributed by atoms with van der Waals surface area (Å²) in [6, 6.07) is 0. The minimum Gasteiger partial charge on any atom is -0.392 e. The van der Waals surface area contributed by atoms with Gasteiger partial charge in [-0.2, -0.15) is 0 Å². The number of aliphatic hydroxyl groups is 1. The number of likely N-dealkylation sites (tertiary alicyclic amines) is 1.